The van der Waals surface area contributed by atoms with Crippen LogP contribution in [-0.4, -0.2) is 17.9 Å². The molecule has 0 radical (unpaired) electrons. The standard InChI is InChI=1S/C17H22FNO/c1-10-6-12(7-11(2)16(10)18)17(20)13-8-14-4-3-5-15(9-13)19-14/h6-7,13-15,19H,3-5,8-9H2,1-2H3. The molecule has 0 amide bonds. The molecule has 2 bridgehead atoms. The molecule has 2 aliphatic rings. The zero-order valence-corrected chi connectivity index (χ0v) is 12.2. The van der Waals surface area contributed by atoms with Crippen molar-refractivity contribution in [2.45, 2.75) is 58.0 Å². The summed E-state index contributed by atoms with van der Waals surface area (Å²) < 4.78 is 13.7. The smallest absolute Gasteiger partial charge is 0.166 e. The highest BCUT2D eigenvalue weighted by atomic mass is 19.1. The molecule has 1 N–H and O–H groups in total. The highest BCUT2D eigenvalue weighted by molar-refractivity contribution is 5.98. The van der Waals surface area contributed by atoms with Crippen LogP contribution in [-0.2, 0) is 0 Å². The number of halogens is 1. The molecule has 20 heavy (non-hydrogen) atoms. The Morgan fingerprint density at radius 2 is 1.70 bits per heavy atom. The van der Waals surface area contributed by atoms with Gasteiger partial charge in [-0.05, 0) is 62.8 Å². The van der Waals surface area contributed by atoms with Crippen molar-refractivity contribution in [1.82, 2.24) is 5.32 Å². The van der Waals surface area contributed by atoms with Crippen LogP contribution < -0.4 is 5.32 Å². The number of aryl methyl sites for hydroxylation is 2. The summed E-state index contributed by atoms with van der Waals surface area (Å²) in [5, 5.41) is 3.61. The zero-order valence-electron chi connectivity index (χ0n) is 12.2. The Balaban J connectivity index is 1.82. The van der Waals surface area contributed by atoms with Gasteiger partial charge < -0.3 is 5.32 Å². The van der Waals surface area contributed by atoms with Gasteiger partial charge in [-0.2, -0.15) is 0 Å². The molecular formula is C17H22FNO. The van der Waals surface area contributed by atoms with Gasteiger partial charge in [-0.1, -0.05) is 6.42 Å². The molecular weight excluding hydrogens is 253 g/mol. The van der Waals surface area contributed by atoms with E-state index in [1.54, 1.807) is 26.0 Å². The lowest BCUT2D eigenvalue weighted by Gasteiger charge is -2.39. The van der Waals surface area contributed by atoms with Crippen molar-refractivity contribution < 1.29 is 9.18 Å². The molecule has 3 heteroatoms. The van der Waals surface area contributed by atoms with E-state index in [1.165, 1.54) is 19.3 Å². The molecule has 2 saturated heterocycles. The number of piperidine rings is 2. The van der Waals surface area contributed by atoms with Gasteiger partial charge in [0.25, 0.3) is 0 Å². The topological polar surface area (TPSA) is 29.1 Å². The number of hydrogen-bond donors (Lipinski definition) is 1. The predicted octanol–water partition coefficient (Wildman–Crippen LogP) is 3.55. The first kappa shape index (κ1) is 13.7. The average Bonchev–Trinajstić information content (AvgIpc) is 2.43. The Kier molecular flexibility index (Phi) is 3.63. The summed E-state index contributed by atoms with van der Waals surface area (Å²) in [6, 6.07) is 4.42. The number of hydrogen-bond acceptors (Lipinski definition) is 2. The van der Waals surface area contributed by atoms with Crippen LogP contribution in [0.4, 0.5) is 4.39 Å². The molecule has 2 atom stereocenters. The number of carbonyl (C=O) groups is 1. The lowest BCUT2D eigenvalue weighted by Crippen LogP contribution is -2.50. The third-order valence-electron chi connectivity index (χ3n) is 4.81. The lowest BCUT2D eigenvalue weighted by molar-refractivity contribution is 0.0825. The van der Waals surface area contributed by atoms with Crippen LogP contribution in [0, 0.1) is 25.6 Å². The van der Waals surface area contributed by atoms with Crippen molar-refractivity contribution in [3.8, 4) is 0 Å². The summed E-state index contributed by atoms with van der Waals surface area (Å²) in [6.45, 7) is 3.46. The van der Waals surface area contributed by atoms with Gasteiger partial charge in [0, 0.05) is 23.6 Å². The second-order valence-electron chi connectivity index (χ2n) is 6.45. The second-order valence-corrected chi connectivity index (χ2v) is 6.45. The number of fused-ring (bicyclic) bond motifs is 2. The average molecular weight is 275 g/mol. The summed E-state index contributed by atoms with van der Waals surface area (Å²) >= 11 is 0. The summed E-state index contributed by atoms with van der Waals surface area (Å²) in [6.07, 6.45) is 5.51. The Morgan fingerprint density at radius 1 is 1.15 bits per heavy atom. The van der Waals surface area contributed by atoms with E-state index in [-0.39, 0.29) is 17.5 Å². The van der Waals surface area contributed by atoms with Gasteiger partial charge in [-0.15, -0.1) is 0 Å². The molecule has 0 aliphatic carbocycles. The van der Waals surface area contributed by atoms with Gasteiger partial charge in [0.2, 0.25) is 0 Å². The van der Waals surface area contributed by atoms with E-state index in [0.717, 1.165) is 12.8 Å². The van der Waals surface area contributed by atoms with Crippen LogP contribution in [0.3, 0.4) is 0 Å². The second kappa shape index (κ2) is 5.28. The maximum atomic E-state index is 13.7. The van der Waals surface area contributed by atoms with Crippen LogP contribution in [0.1, 0.15) is 53.6 Å². The summed E-state index contributed by atoms with van der Waals surface area (Å²) in [5.41, 5.74) is 1.83. The molecule has 0 saturated carbocycles. The summed E-state index contributed by atoms with van der Waals surface area (Å²) in [4.78, 5) is 12.7. The fourth-order valence-electron chi connectivity index (χ4n) is 3.80. The third-order valence-corrected chi connectivity index (χ3v) is 4.81. The molecule has 2 aliphatic heterocycles. The minimum Gasteiger partial charge on any atom is -0.311 e. The molecule has 2 fully saturated rings. The number of ketones is 1. The SMILES string of the molecule is Cc1cc(C(=O)C2CC3CCCC(C2)N3)cc(C)c1F. The first-order valence-electron chi connectivity index (χ1n) is 7.61. The third kappa shape index (κ3) is 2.51. The fraction of sp³-hybridized carbons (Fsp3) is 0.588. The molecule has 2 heterocycles. The summed E-state index contributed by atoms with van der Waals surface area (Å²) in [7, 11) is 0. The van der Waals surface area contributed by atoms with Crippen LogP contribution >= 0.6 is 0 Å². The van der Waals surface area contributed by atoms with Crippen molar-refractivity contribution in [2.75, 3.05) is 0 Å². The van der Waals surface area contributed by atoms with Gasteiger partial charge >= 0.3 is 0 Å². The summed E-state index contributed by atoms with van der Waals surface area (Å²) in [5.74, 6) is 0.120. The number of rotatable bonds is 2. The maximum absolute atomic E-state index is 13.7. The Labute approximate surface area is 119 Å². The van der Waals surface area contributed by atoms with E-state index in [0.29, 0.717) is 28.8 Å². The Bertz CT molecular complexity index is 505. The normalized spacial score (nSPS) is 29.2. The first-order chi connectivity index (χ1) is 9.54. The zero-order chi connectivity index (χ0) is 14.3. The van der Waals surface area contributed by atoms with Crippen LogP contribution in [0.15, 0.2) is 12.1 Å². The molecule has 1 aromatic carbocycles. The van der Waals surface area contributed by atoms with Crippen molar-refractivity contribution in [3.63, 3.8) is 0 Å². The predicted molar refractivity (Wildman–Crippen MR) is 77.5 cm³/mol. The van der Waals surface area contributed by atoms with Crippen molar-refractivity contribution >= 4 is 5.78 Å². The minimum absolute atomic E-state index is 0.107. The van der Waals surface area contributed by atoms with E-state index >= 15 is 0 Å². The maximum Gasteiger partial charge on any atom is 0.166 e. The number of nitrogens with one attached hydrogen (secondary N) is 1. The van der Waals surface area contributed by atoms with Crippen LogP contribution in [0.5, 0.6) is 0 Å². The van der Waals surface area contributed by atoms with E-state index in [4.69, 9.17) is 0 Å². The monoisotopic (exact) mass is 275 g/mol. The van der Waals surface area contributed by atoms with Gasteiger partial charge in [0.15, 0.2) is 5.78 Å². The highest BCUT2D eigenvalue weighted by Crippen LogP contribution is 2.32. The Morgan fingerprint density at radius 3 is 2.25 bits per heavy atom. The van der Waals surface area contributed by atoms with Crippen molar-refractivity contribution in [2.24, 2.45) is 5.92 Å². The minimum atomic E-state index is -0.191. The van der Waals surface area contributed by atoms with E-state index in [9.17, 15) is 9.18 Å². The number of benzene rings is 1. The van der Waals surface area contributed by atoms with Gasteiger partial charge in [-0.3, -0.25) is 4.79 Å². The van der Waals surface area contributed by atoms with Crippen molar-refractivity contribution in [1.29, 1.82) is 0 Å². The van der Waals surface area contributed by atoms with Gasteiger partial charge in [0.05, 0.1) is 0 Å². The van der Waals surface area contributed by atoms with Crippen LogP contribution in [0.25, 0.3) is 0 Å². The number of carbonyl (C=O) groups excluding carboxylic acids is 1. The number of Topliss-reactive ketones (excluding diaryl/α,β-unsaturated/α-hetero) is 1. The first-order valence-corrected chi connectivity index (χ1v) is 7.61. The quantitative estimate of drug-likeness (QED) is 0.836. The molecule has 108 valence electrons. The van der Waals surface area contributed by atoms with E-state index < -0.39 is 0 Å². The van der Waals surface area contributed by atoms with E-state index in [2.05, 4.69) is 5.32 Å². The Hall–Kier alpha value is -1.22. The van der Waals surface area contributed by atoms with Crippen molar-refractivity contribution in [3.05, 3.63) is 34.6 Å². The molecule has 2 unspecified atom stereocenters. The lowest BCUT2D eigenvalue weighted by atomic mass is 9.77. The van der Waals surface area contributed by atoms with Gasteiger partial charge in [0.1, 0.15) is 5.82 Å². The molecule has 3 rings (SSSR count). The highest BCUT2D eigenvalue weighted by Gasteiger charge is 2.35. The molecule has 1 aromatic rings. The van der Waals surface area contributed by atoms with E-state index in [1.807, 2.05) is 0 Å². The molecule has 0 spiro atoms. The largest absolute Gasteiger partial charge is 0.311 e. The molecule has 0 aromatic heterocycles. The van der Waals surface area contributed by atoms with Gasteiger partial charge in [-0.25, -0.2) is 4.39 Å². The van der Waals surface area contributed by atoms with Crippen LogP contribution in [0.2, 0.25) is 0 Å². The molecule has 2 nitrogen and oxygen atoms in total. The fourth-order valence-corrected chi connectivity index (χ4v) is 3.80.